The van der Waals surface area contributed by atoms with Crippen LogP contribution in [-0.4, -0.2) is 35.9 Å². The summed E-state index contributed by atoms with van der Waals surface area (Å²) < 4.78 is 35.7. The average molecular weight is 228 g/mol. The molecule has 90 valence electrons. The summed E-state index contributed by atoms with van der Waals surface area (Å²) in [6.07, 6.45) is -7.18. The predicted octanol–water partition coefficient (Wildman–Crippen LogP) is 0.00910. The van der Waals surface area contributed by atoms with Crippen molar-refractivity contribution in [2.75, 3.05) is 6.54 Å². The number of hydrogen-bond donors (Lipinski definition) is 3. The fourth-order valence-electron chi connectivity index (χ4n) is 1.02. The smallest absolute Gasteiger partial charge is 0.382 e. The van der Waals surface area contributed by atoms with E-state index in [9.17, 15) is 18.0 Å². The van der Waals surface area contributed by atoms with Crippen molar-refractivity contribution in [3.63, 3.8) is 0 Å². The number of carbonyl (C=O) groups excluding carboxylic acids is 1. The van der Waals surface area contributed by atoms with Crippen LogP contribution in [0.4, 0.5) is 13.2 Å². The van der Waals surface area contributed by atoms with Crippen molar-refractivity contribution in [1.82, 2.24) is 5.32 Å². The summed E-state index contributed by atoms with van der Waals surface area (Å²) in [5.41, 5.74) is 4.97. The van der Waals surface area contributed by atoms with Gasteiger partial charge < -0.3 is 16.2 Å². The SMILES string of the molecule is CC(C)C(NCC(O)C(F)(F)F)C(N)=O. The highest BCUT2D eigenvalue weighted by Crippen LogP contribution is 2.19. The van der Waals surface area contributed by atoms with Crippen molar-refractivity contribution in [1.29, 1.82) is 0 Å². The molecule has 0 aliphatic rings. The Labute approximate surface area is 85.6 Å². The normalized spacial score (nSPS) is 16.5. The number of rotatable bonds is 5. The Balaban J connectivity index is 4.18. The second-order valence-electron chi connectivity index (χ2n) is 3.59. The molecule has 0 aromatic heterocycles. The monoisotopic (exact) mass is 228 g/mol. The molecule has 4 nitrogen and oxygen atoms in total. The second-order valence-corrected chi connectivity index (χ2v) is 3.59. The first-order valence-corrected chi connectivity index (χ1v) is 4.43. The number of amides is 1. The van der Waals surface area contributed by atoms with Crippen LogP contribution in [0.15, 0.2) is 0 Å². The Morgan fingerprint density at radius 2 is 1.93 bits per heavy atom. The van der Waals surface area contributed by atoms with Gasteiger partial charge >= 0.3 is 6.18 Å². The predicted molar refractivity (Wildman–Crippen MR) is 47.9 cm³/mol. The molecule has 0 spiro atoms. The fourth-order valence-corrected chi connectivity index (χ4v) is 1.02. The summed E-state index contributed by atoms with van der Waals surface area (Å²) in [5.74, 6) is -0.970. The second kappa shape index (κ2) is 5.32. The summed E-state index contributed by atoms with van der Waals surface area (Å²) >= 11 is 0. The molecule has 7 heteroatoms. The third kappa shape index (κ3) is 4.98. The van der Waals surface area contributed by atoms with Gasteiger partial charge in [-0.3, -0.25) is 4.79 Å². The molecule has 0 rings (SSSR count). The number of aliphatic hydroxyl groups excluding tert-OH is 1. The summed E-state index contributed by atoms with van der Waals surface area (Å²) in [5, 5.41) is 10.9. The third-order valence-electron chi connectivity index (χ3n) is 1.88. The van der Waals surface area contributed by atoms with E-state index in [2.05, 4.69) is 5.32 Å². The molecule has 0 aromatic rings. The highest BCUT2D eigenvalue weighted by Gasteiger charge is 2.38. The number of carbonyl (C=O) groups is 1. The number of alkyl halides is 3. The number of halogens is 3. The quantitative estimate of drug-likeness (QED) is 0.620. The third-order valence-corrected chi connectivity index (χ3v) is 1.88. The maximum atomic E-state index is 11.9. The lowest BCUT2D eigenvalue weighted by Gasteiger charge is -2.22. The van der Waals surface area contributed by atoms with Gasteiger partial charge in [0.05, 0.1) is 6.04 Å². The van der Waals surface area contributed by atoms with E-state index in [1.807, 2.05) is 0 Å². The number of hydrogen-bond acceptors (Lipinski definition) is 3. The molecule has 0 saturated carbocycles. The van der Waals surface area contributed by atoms with Crippen LogP contribution < -0.4 is 11.1 Å². The van der Waals surface area contributed by atoms with E-state index in [1.54, 1.807) is 13.8 Å². The Kier molecular flexibility index (Phi) is 5.02. The Bertz CT molecular complexity index is 218. The maximum absolute atomic E-state index is 11.9. The molecule has 2 atom stereocenters. The highest BCUT2D eigenvalue weighted by atomic mass is 19.4. The molecule has 1 amide bonds. The molecular formula is C8H15F3N2O2. The van der Waals surface area contributed by atoms with Gasteiger partial charge in [0.15, 0.2) is 6.10 Å². The lowest BCUT2D eigenvalue weighted by Crippen LogP contribution is -2.50. The van der Waals surface area contributed by atoms with Crippen LogP contribution in [-0.2, 0) is 4.79 Å². The molecule has 0 saturated heterocycles. The first kappa shape index (κ1) is 14.2. The highest BCUT2D eigenvalue weighted by molar-refractivity contribution is 5.80. The number of primary amides is 1. The van der Waals surface area contributed by atoms with Crippen LogP contribution in [0.5, 0.6) is 0 Å². The van der Waals surface area contributed by atoms with Crippen molar-refractivity contribution >= 4 is 5.91 Å². The van der Waals surface area contributed by atoms with Gasteiger partial charge in [0.1, 0.15) is 0 Å². The van der Waals surface area contributed by atoms with Crippen molar-refractivity contribution in [2.45, 2.75) is 32.2 Å². The molecule has 0 fully saturated rings. The van der Waals surface area contributed by atoms with Gasteiger partial charge in [-0.25, -0.2) is 0 Å². The first-order chi connectivity index (χ1) is 6.66. The minimum atomic E-state index is -4.69. The van der Waals surface area contributed by atoms with Crippen LogP contribution in [0.25, 0.3) is 0 Å². The van der Waals surface area contributed by atoms with Crippen LogP contribution in [0.3, 0.4) is 0 Å². The van der Waals surface area contributed by atoms with Crippen molar-refractivity contribution in [3.05, 3.63) is 0 Å². The molecule has 0 heterocycles. The van der Waals surface area contributed by atoms with Crippen LogP contribution in [0.1, 0.15) is 13.8 Å². The summed E-state index contributed by atoms with van der Waals surface area (Å²) in [6.45, 7) is 2.54. The zero-order valence-corrected chi connectivity index (χ0v) is 8.51. The topological polar surface area (TPSA) is 75.3 Å². The number of nitrogens with one attached hydrogen (secondary N) is 1. The summed E-state index contributed by atoms with van der Waals surface area (Å²) in [7, 11) is 0. The van der Waals surface area contributed by atoms with Gasteiger partial charge in [-0.05, 0) is 5.92 Å². The van der Waals surface area contributed by atoms with E-state index in [-0.39, 0.29) is 5.92 Å². The molecular weight excluding hydrogens is 213 g/mol. The number of nitrogens with two attached hydrogens (primary N) is 1. The van der Waals surface area contributed by atoms with Gasteiger partial charge in [-0.15, -0.1) is 0 Å². The largest absolute Gasteiger partial charge is 0.415 e. The van der Waals surface area contributed by atoms with Crippen LogP contribution in [0, 0.1) is 5.92 Å². The standard InChI is InChI=1S/C8H15F3N2O2/c1-4(2)6(7(12)15)13-3-5(14)8(9,10)11/h4-6,13-14H,3H2,1-2H3,(H2,12,15). The van der Waals surface area contributed by atoms with Crippen LogP contribution in [0.2, 0.25) is 0 Å². The lowest BCUT2D eigenvalue weighted by molar-refractivity contribution is -0.202. The van der Waals surface area contributed by atoms with E-state index in [0.717, 1.165) is 0 Å². The minimum absolute atomic E-state index is 0.233. The fraction of sp³-hybridized carbons (Fsp3) is 0.875. The van der Waals surface area contributed by atoms with E-state index < -0.39 is 30.8 Å². The molecule has 2 unspecified atom stereocenters. The van der Waals surface area contributed by atoms with Gasteiger partial charge in [0.25, 0.3) is 0 Å². The Hall–Kier alpha value is -0.820. The van der Waals surface area contributed by atoms with E-state index in [1.165, 1.54) is 0 Å². The summed E-state index contributed by atoms with van der Waals surface area (Å²) in [6, 6.07) is -0.873. The molecule has 0 radical (unpaired) electrons. The van der Waals surface area contributed by atoms with Crippen molar-refractivity contribution < 1.29 is 23.1 Å². The minimum Gasteiger partial charge on any atom is -0.382 e. The van der Waals surface area contributed by atoms with E-state index >= 15 is 0 Å². The molecule has 15 heavy (non-hydrogen) atoms. The lowest BCUT2D eigenvalue weighted by atomic mass is 10.0. The molecule has 0 aliphatic heterocycles. The first-order valence-electron chi connectivity index (χ1n) is 4.43. The Morgan fingerprint density at radius 1 is 1.47 bits per heavy atom. The van der Waals surface area contributed by atoms with Crippen LogP contribution >= 0.6 is 0 Å². The van der Waals surface area contributed by atoms with E-state index in [0.29, 0.717) is 0 Å². The maximum Gasteiger partial charge on any atom is 0.415 e. The van der Waals surface area contributed by atoms with Gasteiger partial charge in [0.2, 0.25) is 5.91 Å². The summed E-state index contributed by atoms with van der Waals surface area (Å²) in [4.78, 5) is 10.8. The molecule has 0 bridgehead atoms. The zero-order valence-electron chi connectivity index (χ0n) is 8.51. The van der Waals surface area contributed by atoms with Gasteiger partial charge in [0, 0.05) is 6.54 Å². The molecule has 0 aliphatic carbocycles. The molecule has 4 N–H and O–H groups in total. The van der Waals surface area contributed by atoms with Gasteiger partial charge in [-0.2, -0.15) is 13.2 Å². The van der Waals surface area contributed by atoms with Crippen molar-refractivity contribution in [2.24, 2.45) is 11.7 Å². The zero-order chi connectivity index (χ0) is 12.2. The van der Waals surface area contributed by atoms with Crippen molar-refractivity contribution in [3.8, 4) is 0 Å². The number of aliphatic hydroxyl groups is 1. The average Bonchev–Trinajstić information content (AvgIpc) is 2.00. The Morgan fingerprint density at radius 3 is 2.20 bits per heavy atom. The molecule has 0 aromatic carbocycles. The van der Waals surface area contributed by atoms with Gasteiger partial charge in [-0.1, -0.05) is 13.8 Å². The van der Waals surface area contributed by atoms with E-state index in [4.69, 9.17) is 10.8 Å².